The van der Waals surface area contributed by atoms with Crippen LogP contribution in [0.3, 0.4) is 0 Å². The smallest absolute Gasteiger partial charge is 0.224 e. The molecule has 0 saturated carbocycles. The van der Waals surface area contributed by atoms with Gasteiger partial charge >= 0.3 is 0 Å². The molecule has 3 rings (SSSR count). The highest BCUT2D eigenvalue weighted by atomic mass is 32.1. The number of aryl methyl sites for hydroxylation is 1. The number of piperidine rings is 1. The summed E-state index contributed by atoms with van der Waals surface area (Å²) in [6.07, 6.45) is 8.22. The molecule has 124 valence electrons. The number of anilines is 1. The molecule has 0 radical (unpaired) electrons. The average molecular weight is 331 g/mol. The molecule has 3 heterocycles. The van der Waals surface area contributed by atoms with Crippen molar-refractivity contribution in [2.75, 3.05) is 32.1 Å². The summed E-state index contributed by atoms with van der Waals surface area (Å²) < 4.78 is 0. The molecule has 23 heavy (non-hydrogen) atoms. The molecule has 0 aromatic carbocycles. The first kappa shape index (κ1) is 16.3. The first-order chi connectivity index (χ1) is 11.0. The molecular weight excluding hydrogens is 306 g/mol. The van der Waals surface area contributed by atoms with Crippen molar-refractivity contribution >= 4 is 17.3 Å². The number of hydrogen-bond donors (Lipinski definition) is 0. The SMILES string of the molecule is Cc1cnc(C2(C)CCN(Cc3cnc(N(C)C)nc3)CC2)s1. The first-order valence-corrected chi connectivity index (χ1v) is 8.91. The van der Waals surface area contributed by atoms with Crippen molar-refractivity contribution in [2.45, 2.75) is 38.6 Å². The van der Waals surface area contributed by atoms with E-state index in [1.54, 1.807) is 0 Å². The molecule has 2 aromatic heterocycles. The Morgan fingerprint density at radius 1 is 1.13 bits per heavy atom. The number of nitrogens with zero attached hydrogens (tertiary/aromatic N) is 5. The lowest BCUT2D eigenvalue weighted by Crippen LogP contribution is -2.40. The van der Waals surface area contributed by atoms with Crippen molar-refractivity contribution < 1.29 is 0 Å². The third-order valence-corrected chi connectivity index (χ3v) is 5.81. The van der Waals surface area contributed by atoms with Gasteiger partial charge in [-0.15, -0.1) is 11.3 Å². The summed E-state index contributed by atoms with van der Waals surface area (Å²) in [4.78, 5) is 19.2. The van der Waals surface area contributed by atoms with Gasteiger partial charge in [-0.25, -0.2) is 15.0 Å². The summed E-state index contributed by atoms with van der Waals surface area (Å²) in [5.74, 6) is 0.763. The second kappa shape index (κ2) is 6.53. The lowest BCUT2D eigenvalue weighted by atomic mass is 9.81. The van der Waals surface area contributed by atoms with E-state index < -0.39 is 0 Å². The second-order valence-electron chi connectivity index (χ2n) is 6.90. The summed E-state index contributed by atoms with van der Waals surface area (Å²) in [5.41, 5.74) is 1.42. The van der Waals surface area contributed by atoms with Gasteiger partial charge in [0.1, 0.15) is 0 Å². The van der Waals surface area contributed by atoms with Gasteiger partial charge < -0.3 is 4.90 Å². The molecule has 2 aromatic rings. The van der Waals surface area contributed by atoms with Crippen LogP contribution in [0, 0.1) is 6.92 Å². The quantitative estimate of drug-likeness (QED) is 0.862. The number of aromatic nitrogens is 3. The van der Waals surface area contributed by atoms with E-state index in [1.807, 2.05) is 48.9 Å². The zero-order chi connectivity index (χ0) is 16.4. The Hall–Kier alpha value is -1.53. The molecule has 1 saturated heterocycles. The summed E-state index contributed by atoms with van der Waals surface area (Å²) in [6.45, 7) is 7.63. The van der Waals surface area contributed by atoms with Crippen molar-refractivity contribution in [1.29, 1.82) is 0 Å². The van der Waals surface area contributed by atoms with Crippen LogP contribution < -0.4 is 4.90 Å². The fraction of sp³-hybridized carbons (Fsp3) is 0.588. The Bertz CT molecular complexity index is 641. The Kier molecular flexibility index (Phi) is 4.64. The van der Waals surface area contributed by atoms with Crippen LogP contribution in [0.4, 0.5) is 5.95 Å². The van der Waals surface area contributed by atoms with E-state index in [1.165, 1.54) is 15.4 Å². The highest BCUT2D eigenvalue weighted by molar-refractivity contribution is 7.11. The number of likely N-dealkylation sites (tertiary alicyclic amines) is 1. The van der Waals surface area contributed by atoms with E-state index >= 15 is 0 Å². The van der Waals surface area contributed by atoms with Gasteiger partial charge in [0.15, 0.2) is 0 Å². The third kappa shape index (κ3) is 3.70. The maximum atomic E-state index is 4.62. The minimum absolute atomic E-state index is 0.237. The molecule has 5 nitrogen and oxygen atoms in total. The van der Waals surface area contributed by atoms with Crippen LogP contribution in [0.5, 0.6) is 0 Å². The molecule has 0 spiro atoms. The standard InChI is InChI=1S/C17H25N5S/c1-13-9-18-15(23-13)17(2)5-7-22(8-6-17)12-14-10-19-16(20-11-14)21(3)4/h9-11H,5-8,12H2,1-4H3. The second-order valence-corrected chi connectivity index (χ2v) is 8.13. The van der Waals surface area contributed by atoms with Gasteiger partial charge in [0.2, 0.25) is 5.95 Å². The van der Waals surface area contributed by atoms with Gasteiger partial charge in [0.25, 0.3) is 0 Å². The van der Waals surface area contributed by atoms with Gasteiger partial charge in [-0.2, -0.15) is 0 Å². The molecule has 0 bridgehead atoms. The molecule has 6 heteroatoms. The maximum Gasteiger partial charge on any atom is 0.224 e. The van der Waals surface area contributed by atoms with E-state index in [2.05, 4.69) is 33.7 Å². The Morgan fingerprint density at radius 3 is 2.30 bits per heavy atom. The van der Waals surface area contributed by atoms with Crippen molar-refractivity contribution in [1.82, 2.24) is 19.9 Å². The van der Waals surface area contributed by atoms with E-state index in [0.29, 0.717) is 0 Å². The predicted molar refractivity (Wildman–Crippen MR) is 95.1 cm³/mol. The summed E-state index contributed by atoms with van der Waals surface area (Å²) >= 11 is 1.85. The summed E-state index contributed by atoms with van der Waals surface area (Å²) in [6, 6.07) is 0. The van der Waals surface area contributed by atoms with E-state index in [-0.39, 0.29) is 5.41 Å². The minimum atomic E-state index is 0.237. The molecule has 1 aliphatic heterocycles. The lowest BCUT2D eigenvalue weighted by Gasteiger charge is -2.38. The predicted octanol–water partition coefficient (Wildman–Crippen LogP) is 2.86. The fourth-order valence-electron chi connectivity index (χ4n) is 2.97. The number of thiazole rings is 1. The van der Waals surface area contributed by atoms with Crippen LogP contribution >= 0.6 is 11.3 Å². The molecule has 0 atom stereocenters. The Labute approximate surface area is 142 Å². The van der Waals surface area contributed by atoms with Crippen molar-refractivity contribution in [3.05, 3.63) is 34.0 Å². The van der Waals surface area contributed by atoms with Gasteiger partial charge in [0.05, 0.1) is 5.01 Å². The van der Waals surface area contributed by atoms with Crippen LogP contribution in [0.1, 0.15) is 35.2 Å². The third-order valence-electron chi connectivity index (χ3n) is 4.60. The number of hydrogen-bond acceptors (Lipinski definition) is 6. The molecule has 0 aliphatic carbocycles. The molecule has 1 fully saturated rings. The normalized spacial score (nSPS) is 18.1. The summed E-state index contributed by atoms with van der Waals surface area (Å²) in [5, 5.41) is 1.30. The lowest BCUT2D eigenvalue weighted by molar-refractivity contribution is 0.161. The van der Waals surface area contributed by atoms with Crippen LogP contribution in [0.25, 0.3) is 0 Å². The highest BCUT2D eigenvalue weighted by Crippen LogP contribution is 2.37. The van der Waals surface area contributed by atoms with Crippen LogP contribution in [-0.4, -0.2) is 47.0 Å². The monoisotopic (exact) mass is 331 g/mol. The Balaban J connectivity index is 1.58. The first-order valence-electron chi connectivity index (χ1n) is 8.10. The Morgan fingerprint density at radius 2 is 1.78 bits per heavy atom. The van der Waals surface area contributed by atoms with Crippen molar-refractivity contribution in [2.24, 2.45) is 0 Å². The molecule has 0 N–H and O–H groups in total. The molecular formula is C17H25N5S. The van der Waals surface area contributed by atoms with Crippen molar-refractivity contribution in [3.8, 4) is 0 Å². The largest absolute Gasteiger partial charge is 0.347 e. The average Bonchev–Trinajstić information content (AvgIpc) is 2.98. The summed E-state index contributed by atoms with van der Waals surface area (Å²) in [7, 11) is 3.92. The van der Waals surface area contributed by atoms with E-state index in [0.717, 1.165) is 38.4 Å². The highest BCUT2D eigenvalue weighted by Gasteiger charge is 2.34. The number of rotatable bonds is 4. The topological polar surface area (TPSA) is 45.2 Å². The maximum absolute atomic E-state index is 4.62. The van der Waals surface area contributed by atoms with Crippen molar-refractivity contribution in [3.63, 3.8) is 0 Å². The van der Waals surface area contributed by atoms with Crippen LogP contribution in [-0.2, 0) is 12.0 Å². The zero-order valence-electron chi connectivity index (χ0n) is 14.4. The molecule has 0 amide bonds. The van der Waals surface area contributed by atoms with Gasteiger partial charge in [-0.05, 0) is 32.9 Å². The minimum Gasteiger partial charge on any atom is -0.347 e. The molecule has 0 unspecified atom stereocenters. The van der Waals surface area contributed by atoms with Gasteiger partial charge in [-0.3, -0.25) is 4.90 Å². The van der Waals surface area contributed by atoms with Gasteiger partial charge in [0, 0.05) is 55.1 Å². The van der Waals surface area contributed by atoms with E-state index in [9.17, 15) is 0 Å². The van der Waals surface area contributed by atoms with Gasteiger partial charge in [-0.1, -0.05) is 6.92 Å². The van der Waals surface area contributed by atoms with E-state index in [4.69, 9.17) is 0 Å². The zero-order valence-corrected chi connectivity index (χ0v) is 15.2. The fourth-order valence-corrected chi connectivity index (χ4v) is 3.94. The molecule has 1 aliphatic rings. The van der Waals surface area contributed by atoms with Crippen LogP contribution in [0.2, 0.25) is 0 Å². The van der Waals surface area contributed by atoms with Crippen LogP contribution in [0.15, 0.2) is 18.6 Å².